The molecule has 1 saturated carbocycles. The average Bonchev–Trinajstić information content (AvgIpc) is 2.19. The molecule has 1 rings (SSSR count). The zero-order valence-corrected chi connectivity index (χ0v) is 9.17. The highest BCUT2D eigenvalue weighted by Gasteiger charge is 2.20. The van der Waals surface area contributed by atoms with Crippen molar-refractivity contribution in [1.29, 1.82) is 0 Å². The second-order valence-corrected chi connectivity index (χ2v) is 4.48. The number of carbonyl (C=O) groups is 1. The Balaban J connectivity index is 2.24. The molecule has 0 bridgehead atoms. The Morgan fingerprint density at radius 1 is 1.36 bits per heavy atom. The molecule has 14 heavy (non-hydrogen) atoms. The molecule has 0 aliphatic heterocycles. The maximum Gasteiger partial charge on any atom is 0.161 e. The summed E-state index contributed by atoms with van der Waals surface area (Å²) in [6.07, 6.45) is 7.66. The topological polar surface area (TPSA) is 37.3 Å². The van der Waals surface area contributed by atoms with Crippen LogP contribution < -0.4 is 0 Å². The molecule has 1 atom stereocenters. The van der Waals surface area contributed by atoms with E-state index < -0.39 is 6.10 Å². The van der Waals surface area contributed by atoms with Gasteiger partial charge in [0, 0.05) is 6.42 Å². The van der Waals surface area contributed by atoms with Crippen molar-refractivity contribution >= 4 is 5.78 Å². The van der Waals surface area contributed by atoms with Gasteiger partial charge in [-0.1, -0.05) is 45.4 Å². The predicted octanol–water partition coefficient (Wildman–Crippen LogP) is 2.69. The molecule has 1 fully saturated rings. The minimum atomic E-state index is -0.693. The molecule has 0 aromatic rings. The summed E-state index contributed by atoms with van der Waals surface area (Å²) in [5.74, 6) is 0.626. The summed E-state index contributed by atoms with van der Waals surface area (Å²) in [5.41, 5.74) is 0. The lowest BCUT2D eigenvalue weighted by molar-refractivity contribution is -0.128. The molecule has 0 spiro atoms. The molecule has 0 radical (unpaired) electrons. The summed E-state index contributed by atoms with van der Waals surface area (Å²) >= 11 is 0. The van der Waals surface area contributed by atoms with Crippen LogP contribution in [0.1, 0.15) is 58.3 Å². The number of carbonyl (C=O) groups excluding carboxylic acids is 1. The van der Waals surface area contributed by atoms with E-state index in [9.17, 15) is 9.90 Å². The first kappa shape index (κ1) is 11.7. The van der Waals surface area contributed by atoms with Gasteiger partial charge in [-0.05, 0) is 12.3 Å². The molecular weight excluding hydrogens is 176 g/mol. The van der Waals surface area contributed by atoms with E-state index in [2.05, 4.69) is 0 Å². The predicted molar refractivity (Wildman–Crippen MR) is 57.1 cm³/mol. The third-order valence-corrected chi connectivity index (χ3v) is 3.15. The summed E-state index contributed by atoms with van der Waals surface area (Å²) in [5, 5.41) is 9.50. The van der Waals surface area contributed by atoms with Gasteiger partial charge in [-0.25, -0.2) is 0 Å². The quantitative estimate of drug-likeness (QED) is 0.737. The molecular formula is C12H22O2. The Labute approximate surface area is 86.7 Å². The number of aliphatic hydroxyl groups excluding tert-OH is 1. The monoisotopic (exact) mass is 198 g/mol. The van der Waals surface area contributed by atoms with Gasteiger partial charge in [0.05, 0.1) is 0 Å². The molecule has 2 nitrogen and oxygen atoms in total. The average molecular weight is 198 g/mol. The molecule has 1 aliphatic carbocycles. The first-order valence-corrected chi connectivity index (χ1v) is 5.94. The number of aliphatic hydroxyl groups is 1. The standard InChI is InChI=1S/C12H22O2/c1-2-6-11(13)12(14)9-10-7-4-3-5-8-10/h10-11,13H,2-9H2,1H3. The Bertz CT molecular complexity index is 171. The highest BCUT2D eigenvalue weighted by molar-refractivity contribution is 5.82. The van der Waals surface area contributed by atoms with E-state index in [1.54, 1.807) is 0 Å². The van der Waals surface area contributed by atoms with Gasteiger partial charge in [-0.3, -0.25) is 4.79 Å². The van der Waals surface area contributed by atoms with Crippen LogP contribution in [0.3, 0.4) is 0 Å². The van der Waals surface area contributed by atoms with Crippen LogP contribution in [-0.2, 0) is 4.79 Å². The fourth-order valence-electron chi connectivity index (χ4n) is 2.25. The molecule has 2 heteroatoms. The molecule has 0 aromatic heterocycles. The van der Waals surface area contributed by atoms with E-state index >= 15 is 0 Å². The van der Waals surface area contributed by atoms with E-state index in [1.165, 1.54) is 32.1 Å². The van der Waals surface area contributed by atoms with Crippen LogP contribution in [0.15, 0.2) is 0 Å². The van der Waals surface area contributed by atoms with Gasteiger partial charge in [0.2, 0.25) is 0 Å². The Morgan fingerprint density at radius 3 is 2.57 bits per heavy atom. The van der Waals surface area contributed by atoms with Crippen molar-refractivity contribution in [3.63, 3.8) is 0 Å². The molecule has 0 amide bonds. The van der Waals surface area contributed by atoms with E-state index in [0.29, 0.717) is 18.8 Å². The van der Waals surface area contributed by atoms with Gasteiger partial charge in [0.15, 0.2) is 5.78 Å². The van der Waals surface area contributed by atoms with E-state index in [-0.39, 0.29) is 5.78 Å². The minimum absolute atomic E-state index is 0.0683. The van der Waals surface area contributed by atoms with E-state index in [4.69, 9.17) is 0 Å². The zero-order chi connectivity index (χ0) is 10.4. The van der Waals surface area contributed by atoms with Crippen molar-refractivity contribution in [3.05, 3.63) is 0 Å². The third kappa shape index (κ3) is 3.79. The lowest BCUT2D eigenvalue weighted by Crippen LogP contribution is -2.23. The van der Waals surface area contributed by atoms with Gasteiger partial charge < -0.3 is 5.11 Å². The molecule has 1 unspecified atom stereocenters. The Morgan fingerprint density at radius 2 is 2.00 bits per heavy atom. The lowest BCUT2D eigenvalue weighted by Gasteiger charge is -2.21. The molecule has 0 saturated heterocycles. The van der Waals surface area contributed by atoms with Crippen LogP contribution in [0.25, 0.3) is 0 Å². The van der Waals surface area contributed by atoms with Crippen molar-refractivity contribution in [2.45, 2.75) is 64.4 Å². The Kier molecular flexibility index (Phi) is 5.16. The maximum atomic E-state index is 11.6. The van der Waals surface area contributed by atoms with Crippen molar-refractivity contribution in [2.24, 2.45) is 5.92 Å². The second kappa shape index (κ2) is 6.18. The molecule has 82 valence electrons. The van der Waals surface area contributed by atoms with Crippen molar-refractivity contribution < 1.29 is 9.90 Å². The molecule has 0 heterocycles. The van der Waals surface area contributed by atoms with E-state index in [0.717, 1.165) is 6.42 Å². The number of ketones is 1. The lowest BCUT2D eigenvalue weighted by atomic mass is 9.85. The van der Waals surface area contributed by atoms with Gasteiger partial charge in [0.1, 0.15) is 6.10 Å². The van der Waals surface area contributed by atoms with Crippen LogP contribution in [0, 0.1) is 5.92 Å². The van der Waals surface area contributed by atoms with Gasteiger partial charge in [-0.2, -0.15) is 0 Å². The van der Waals surface area contributed by atoms with Crippen LogP contribution in [0.5, 0.6) is 0 Å². The number of hydrogen-bond donors (Lipinski definition) is 1. The van der Waals surface area contributed by atoms with Crippen molar-refractivity contribution in [2.75, 3.05) is 0 Å². The molecule has 1 N–H and O–H groups in total. The normalized spacial score (nSPS) is 20.7. The van der Waals surface area contributed by atoms with Crippen molar-refractivity contribution in [1.82, 2.24) is 0 Å². The number of hydrogen-bond acceptors (Lipinski definition) is 2. The number of Topliss-reactive ketones (excluding diaryl/α,β-unsaturated/α-hetero) is 1. The fourth-order valence-corrected chi connectivity index (χ4v) is 2.25. The van der Waals surface area contributed by atoms with Crippen LogP contribution >= 0.6 is 0 Å². The second-order valence-electron chi connectivity index (χ2n) is 4.48. The minimum Gasteiger partial charge on any atom is -0.385 e. The highest BCUT2D eigenvalue weighted by atomic mass is 16.3. The summed E-state index contributed by atoms with van der Waals surface area (Å²) in [6, 6.07) is 0. The van der Waals surface area contributed by atoms with E-state index in [1.807, 2.05) is 6.92 Å². The van der Waals surface area contributed by atoms with Gasteiger partial charge in [0.25, 0.3) is 0 Å². The molecule has 0 aromatic carbocycles. The first-order chi connectivity index (χ1) is 6.74. The van der Waals surface area contributed by atoms with Gasteiger partial charge >= 0.3 is 0 Å². The summed E-state index contributed by atoms with van der Waals surface area (Å²) in [7, 11) is 0. The van der Waals surface area contributed by atoms with Crippen LogP contribution in [-0.4, -0.2) is 17.0 Å². The maximum absolute atomic E-state index is 11.6. The molecule has 1 aliphatic rings. The third-order valence-electron chi connectivity index (χ3n) is 3.15. The van der Waals surface area contributed by atoms with Crippen LogP contribution in [0.4, 0.5) is 0 Å². The Hall–Kier alpha value is -0.370. The number of rotatable bonds is 5. The largest absolute Gasteiger partial charge is 0.385 e. The fraction of sp³-hybridized carbons (Fsp3) is 0.917. The zero-order valence-electron chi connectivity index (χ0n) is 9.17. The van der Waals surface area contributed by atoms with Crippen molar-refractivity contribution in [3.8, 4) is 0 Å². The smallest absolute Gasteiger partial charge is 0.161 e. The van der Waals surface area contributed by atoms with Crippen LogP contribution in [0.2, 0.25) is 0 Å². The summed E-state index contributed by atoms with van der Waals surface area (Å²) in [6.45, 7) is 2.00. The highest BCUT2D eigenvalue weighted by Crippen LogP contribution is 2.26. The van der Waals surface area contributed by atoms with Gasteiger partial charge in [-0.15, -0.1) is 0 Å². The summed E-state index contributed by atoms with van der Waals surface area (Å²) < 4.78 is 0. The SMILES string of the molecule is CCCC(O)C(=O)CC1CCCCC1. The summed E-state index contributed by atoms with van der Waals surface area (Å²) in [4.78, 5) is 11.6. The first-order valence-electron chi connectivity index (χ1n) is 5.94.